The molecule has 1 aromatic heterocycles. The van der Waals surface area contributed by atoms with E-state index >= 15 is 0 Å². The van der Waals surface area contributed by atoms with Crippen molar-refractivity contribution in [2.75, 3.05) is 13.1 Å². The fourth-order valence-electron chi connectivity index (χ4n) is 1.53. The van der Waals surface area contributed by atoms with Crippen molar-refractivity contribution in [1.82, 2.24) is 15.6 Å². The van der Waals surface area contributed by atoms with E-state index < -0.39 is 0 Å². The molecule has 1 rings (SSSR count). The standard InChI is InChI=1S/C15H21N3O2/c1-4-7-17-15(20)13-10-12(6-9-16-13)14(19)18-8-5-11(2)3/h4,6,9-11H,1,5,7-8H2,2-3H3,(H,17,20)(H,18,19). The van der Waals surface area contributed by atoms with E-state index in [1.165, 1.54) is 12.3 Å². The molecule has 0 spiro atoms. The molecule has 0 bridgehead atoms. The molecule has 108 valence electrons. The maximum absolute atomic E-state index is 11.9. The van der Waals surface area contributed by atoms with Crippen molar-refractivity contribution in [3.05, 3.63) is 42.2 Å². The molecule has 2 amide bonds. The Kier molecular flexibility index (Phi) is 6.43. The Balaban J connectivity index is 2.64. The van der Waals surface area contributed by atoms with Gasteiger partial charge in [-0.1, -0.05) is 19.9 Å². The summed E-state index contributed by atoms with van der Waals surface area (Å²) < 4.78 is 0. The van der Waals surface area contributed by atoms with Gasteiger partial charge in [0.1, 0.15) is 5.69 Å². The second-order valence-electron chi connectivity index (χ2n) is 4.87. The van der Waals surface area contributed by atoms with E-state index in [0.29, 0.717) is 24.6 Å². The van der Waals surface area contributed by atoms with E-state index in [0.717, 1.165) is 6.42 Å². The number of aromatic nitrogens is 1. The van der Waals surface area contributed by atoms with Crippen LogP contribution in [0.25, 0.3) is 0 Å². The minimum absolute atomic E-state index is 0.189. The largest absolute Gasteiger partial charge is 0.352 e. The van der Waals surface area contributed by atoms with Crippen LogP contribution in [-0.2, 0) is 0 Å². The molecule has 0 saturated carbocycles. The molecule has 1 heterocycles. The fraction of sp³-hybridized carbons (Fsp3) is 0.400. The normalized spacial score (nSPS) is 10.2. The van der Waals surface area contributed by atoms with Gasteiger partial charge in [0.15, 0.2) is 0 Å². The lowest BCUT2D eigenvalue weighted by molar-refractivity contribution is 0.0952. The molecule has 0 fully saturated rings. The topological polar surface area (TPSA) is 71.1 Å². The highest BCUT2D eigenvalue weighted by molar-refractivity contribution is 5.98. The van der Waals surface area contributed by atoms with Crippen LogP contribution >= 0.6 is 0 Å². The van der Waals surface area contributed by atoms with Gasteiger partial charge in [0.05, 0.1) is 0 Å². The Bertz CT molecular complexity index is 484. The van der Waals surface area contributed by atoms with E-state index in [1.54, 1.807) is 12.1 Å². The smallest absolute Gasteiger partial charge is 0.270 e. The highest BCUT2D eigenvalue weighted by atomic mass is 16.2. The summed E-state index contributed by atoms with van der Waals surface area (Å²) >= 11 is 0. The van der Waals surface area contributed by atoms with Crippen LogP contribution in [0.15, 0.2) is 31.0 Å². The summed E-state index contributed by atoms with van der Waals surface area (Å²) in [4.78, 5) is 27.6. The molecule has 1 aromatic rings. The molecule has 5 heteroatoms. The average Bonchev–Trinajstić information content (AvgIpc) is 2.44. The quantitative estimate of drug-likeness (QED) is 0.745. The number of pyridine rings is 1. The van der Waals surface area contributed by atoms with Crippen LogP contribution in [0.1, 0.15) is 41.1 Å². The molecule has 5 nitrogen and oxygen atoms in total. The van der Waals surface area contributed by atoms with E-state index in [4.69, 9.17) is 0 Å². The lowest BCUT2D eigenvalue weighted by Crippen LogP contribution is -2.27. The van der Waals surface area contributed by atoms with Crippen LogP contribution in [0.2, 0.25) is 0 Å². The molecule has 2 N–H and O–H groups in total. The van der Waals surface area contributed by atoms with Crippen molar-refractivity contribution in [2.24, 2.45) is 5.92 Å². The summed E-state index contributed by atoms with van der Waals surface area (Å²) in [5.41, 5.74) is 0.663. The summed E-state index contributed by atoms with van der Waals surface area (Å²) in [5, 5.41) is 5.45. The Labute approximate surface area is 119 Å². The zero-order chi connectivity index (χ0) is 15.0. The zero-order valence-electron chi connectivity index (χ0n) is 12.0. The molecule has 0 aliphatic carbocycles. The average molecular weight is 275 g/mol. The Morgan fingerprint density at radius 1 is 1.35 bits per heavy atom. The first kappa shape index (κ1) is 15.9. The number of amides is 2. The van der Waals surface area contributed by atoms with Crippen molar-refractivity contribution in [2.45, 2.75) is 20.3 Å². The number of hydrogen-bond acceptors (Lipinski definition) is 3. The van der Waals surface area contributed by atoms with Gasteiger partial charge in [0.25, 0.3) is 11.8 Å². The van der Waals surface area contributed by atoms with Gasteiger partial charge in [-0.05, 0) is 24.5 Å². The van der Waals surface area contributed by atoms with E-state index in [9.17, 15) is 9.59 Å². The van der Waals surface area contributed by atoms with Crippen LogP contribution < -0.4 is 10.6 Å². The number of rotatable bonds is 7. The monoisotopic (exact) mass is 275 g/mol. The van der Waals surface area contributed by atoms with Gasteiger partial charge in [-0.25, -0.2) is 0 Å². The third-order valence-electron chi connectivity index (χ3n) is 2.67. The first-order chi connectivity index (χ1) is 9.54. The number of nitrogens with zero attached hydrogens (tertiary/aromatic N) is 1. The Morgan fingerprint density at radius 2 is 2.10 bits per heavy atom. The van der Waals surface area contributed by atoms with Gasteiger partial charge in [-0.3, -0.25) is 14.6 Å². The number of nitrogens with one attached hydrogen (secondary N) is 2. The zero-order valence-corrected chi connectivity index (χ0v) is 12.0. The molecule has 0 aliphatic heterocycles. The SMILES string of the molecule is C=CCNC(=O)c1cc(C(=O)NCCC(C)C)ccn1. The molecule has 0 radical (unpaired) electrons. The van der Waals surface area contributed by atoms with Crippen molar-refractivity contribution in [1.29, 1.82) is 0 Å². The van der Waals surface area contributed by atoms with E-state index in [1.807, 2.05) is 0 Å². The molecular weight excluding hydrogens is 254 g/mol. The van der Waals surface area contributed by atoms with E-state index in [-0.39, 0.29) is 17.5 Å². The Hall–Kier alpha value is -2.17. The van der Waals surface area contributed by atoms with Gasteiger partial charge in [-0.2, -0.15) is 0 Å². The molecule has 20 heavy (non-hydrogen) atoms. The third-order valence-corrected chi connectivity index (χ3v) is 2.67. The number of carbonyl (C=O) groups excluding carboxylic acids is 2. The maximum Gasteiger partial charge on any atom is 0.270 e. The van der Waals surface area contributed by atoms with E-state index in [2.05, 4.69) is 36.0 Å². The van der Waals surface area contributed by atoms with Gasteiger partial charge in [-0.15, -0.1) is 6.58 Å². The molecule has 0 aliphatic rings. The van der Waals surface area contributed by atoms with Crippen LogP contribution in [0, 0.1) is 5.92 Å². The summed E-state index contributed by atoms with van der Waals surface area (Å²) in [6.45, 7) is 8.70. The second-order valence-corrected chi connectivity index (χ2v) is 4.87. The maximum atomic E-state index is 11.9. The first-order valence-corrected chi connectivity index (χ1v) is 6.68. The predicted molar refractivity (Wildman–Crippen MR) is 78.6 cm³/mol. The molecule has 0 aromatic carbocycles. The minimum atomic E-state index is -0.318. The molecule has 0 unspecified atom stereocenters. The molecule has 0 atom stereocenters. The second kappa shape index (κ2) is 8.09. The summed E-state index contributed by atoms with van der Waals surface area (Å²) in [6, 6.07) is 3.08. The fourth-order valence-corrected chi connectivity index (χ4v) is 1.53. The lowest BCUT2D eigenvalue weighted by atomic mass is 10.1. The van der Waals surface area contributed by atoms with Crippen LogP contribution in [0.4, 0.5) is 0 Å². The van der Waals surface area contributed by atoms with Crippen molar-refractivity contribution < 1.29 is 9.59 Å². The van der Waals surface area contributed by atoms with Gasteiger partial charge in [0.2, 0.25) is 0 Å². The molecular formula is C15H21N3O2. The highest BCUT2D eigenvalue weighted by Crippen LogP contribution is 2.03. The van der Waals surface area contributed by atoms with Crippen LogP contribution in [-0.4, -0.2) is 29.9 Å². The summed E-state index contributed by atoms with van der Waals surface area (Å²) in [6.07, 6.45) is 3.96. The molecule has 0 saturated heterocycles. The van der Waals surface area contributed by atoms with Crippen molar-refractivity contribution >= 4 is 11.8 Å². The van der Waals surface area contributed by atoms with Gasteiger partial charge < -0.3 is 10.6 Å². The minimum Gasteiger partial charge on any atom is -0.352 e. The first-order valence-electron chi connectivity index (χ1n) is 6.68. The van der Waals surface area contributed by atoms with Crippen molar-refractivity contribution in [3.63, 3.8) is 0 Å². The van der Waals surface area contributed by atoms with Crippen molar-refractivity contribution in [3.8, 4) is 0 Å². The Morgan fingerprint density at radius 3 is 2.75 bits per heavy atom. The van der Waals surface area contributed by atoms with Crippen LogP contribution in [0.5, 0.6) is 0 Å². The third kappa shape index (κ3) is 5.22. The highest BCUT2D eigenvalue weighted by Gasteiger charge is 2.11. The summed E-state index contributed by atoms with van der Waals surface area (Å²) in [5.74, 6) is 0.0283. The predicted octanol–water partition coefficient (Wildman–Crippen LogP) is 1.77. The lowest BCUT2D eigenvalue weighted by Gasteiger charge is -2.08. The summed E-state index contributed by atoms with van der Waals surface area (Å²) in [7, 11) is 0. The van der Waals surface area contributed by atoms with Gasteiger partial charge in [0, 0.05) is 24.8 Å². The number of carbonyl (C=O) groups is 2. The van der Waals surface area contributed by atoms with Crippen LogP contribution in [0.3, 0.4) is 0 Å². The number of hydrogen-bond donors (Lipinski definition) is 2. The van der Waals surface area contributed by atoms with Gasteiger partial charge >= 0.3 is 0 Å².